The summed E-state index contributed by atoms with van der Waals surface area (Å²) in [5.41, 5.74) is 2.79. The lowest BCUT2D eigenvalue weighted by Gasteiger charge is -2.30. The second kappa shape index (κ2) is 9.84. The van der Waals surface area contributed by atoms with E-state index in [0.29, 0.717) is 11.9 Å². The van der Waals surface area contributed by atoms with Gasteiger partial charge in [-0.15, -0.1) is 0 Å². The van der Waals surface area contributed by atoms with E-state index >= 15 is 0 Å². The number of nitrogens with one attached hydrogen (secondary N) is 1. The van der Waals surface area contributed by atoms with Crippen LogP contribution in [0, 0.1) is 0 Å². The van der Waals surface area contributed by atoms with E-state index in [4.69, 9.17) is 9.26 Å². The van der Waals surface area contributed by atoms with Crippen LogP contribution in [0.5, 0.6) is 5.75 Å². The number of hydrogen-bond donors (Lipinski definition) is 1. The van der Waals surface area contributed by atoms with Crippen LogP contribution >= 0.6 is 7.37 Å². The lowest BCUT2D eigenvalue weighted by Crippen LogP contribution is -2.21. The van der Waals surface area contributed by atoms with Gasteiger partial charge in [0.05, 0.1) is 13.7 Å². The zero-order chi connectivity index (χ0) is 21.6. The summed E-state index contributed by atoms with van der Waals surface area (Å²) in [4.78, 5) is 2.01. The van der Waals surface area contributed by atoms with Gasteiger partial charge in [0, 0.05) is 30.8 Å². The highest BCUT2D eigenvalue weighted by atomic mass is 31.2. The summed E-state index contributed by atoms with van der Waals surface area (Å²) in [6.07, 6.45) is 0. The fourth-order valence-electron chi connectivity index (χ4n) is 3.29. The molecule has 0 amide bonds. The highest BCUT2D eigenvalue weighted by molar-refractivity contribution is 7.67. The van der Waals surface area contributed by atoms with E-state index < -0.39 is 13.2 Å². The van der Waals surface area contributed by atoms with Gasteiger partial charge in [-0.1, -0.05) is 30.3 Å². The SMILES string of the molecule is CCOP(=O)(c1ccc(N(C)C)cc1)C(Nc1ccccc1)c1ccc(OC)cc1. The third-order valence-electron chi connectivity index (χ3n) is 4.90. The van der Waals surface area contributed by atoms with Crippen molar-refractivity contribution in [3.8, 4) is 5.75 Å². The molecule has 3 aromatic carbocycles. The Hall–Kier alpha value is -2.75. The zero-order valence-corrected chi connectivity index (χ0v) is 18.8. The number of ether oxygens (including phenoxy) is 1. The van der Waals surface area contributed by atoms with E-state index in [9.17, 15) is 4.57 Å². The molecule has 2 unspecified atom stereocenters. The molecule has 6 heteroatoms. The molecule has 3 rings (SSSR count). The van der Waals surface area contributed by atoms with Crippen LogP contribution in [-0.4, -0.2) is 27.8 Å². The van der Waals surface area contributed by atoms with E-state index in [-0.39, 0.29) is 0 Å². The van der Waals surface area contributed by atoms with Gasteiger partial charge in [-0.3, -0.25) is 4.57 Å². The minimum atomic E-state index is -3.31. The molecule has 0 aromatic heterocycles. The molecule has 0 saturated carbocycles. The maximum absolute atomic E-state index is 14.4. The van der Waals surface area contributed by atoms with Crippen molar-refractivity contribution >= 4 is 24.0 Å². The molecule has 2 atom stereocenters. The van der Waals surface area contributed by atoms with Crippen LogP contribution in [0.4, 0.5) is 11.4 Å². The first kappa shape index (κ1) is 21.9. The first-order valence-electron chi connectivity index (χ1n) is 9.95. The van der Waals surface area contributed by atoms with Crippen molar-refractivity contribution in [3.63, 3.8) is 0 Å². The number of hydrogen-bond acceptors (Lipinski definition) is 5. The molecule has 0 bridgehead atoms. The largest absolute Gasteiger partial charge is 0.497 e. The van der Waals surface area contributed by atoms with Gasteiger partial charge in [-0.25, -0.2) is 0 Å². The van der Waals surface area contributed by atoms with Crippen molar-refractivity contribution in [2.45, 2.75) is 12.7 Å². The van der Waals surface area contributed by atoms with Gasteiger partial charge in [0.2, 0.25) is 0 Å². The molecule has 0 aliphatic rings. The van der Waals surface area contributed by atoms with E-state index in [0.717, 1.165) is 22.7 Å². The number of methoxy groups -OCH3 is 1. The number of anilines is 2. The summed E-state index contributed by atoms with van der Waals surface area (Å²) in [6, 6.07) is 25.1. The first-order chi connectivity index (χ1) is 14.5. The van der Waals surface area contributed by atoms with Crippen molar-refractivity contribution in [2.75, 3.05) is 38.0 Å². The van der Waals surface area contributed by atoms with Gasteiger partial charge < -0.3 is 19.5 Å². The van der Waals surface area contributed by atoms with Crippen LogP contribution in [0.2, 0.25) is 0 Å². The zero-order valence-electron chi connectivity index (χ0n) is 17.9. The predicted octanol–water partition coefficient (Wildman–Crippen LogP) is 5.51. The van der Waals surface area contributed by atoms with Gasteiger partial charge in [0.1, 0.15) is 11.5 Å². The Morgan fingerprint density at radius 3 is 2.10 bits per heavy atom. The van der Waals surface area contributed by atoms with Crippen LogP contribution in [0.1, 0.15) is 18.3 Å². The Balaban J connectivity index is 2.09. The second-order valence-corrected chi connectivity index (χ2v) is 9.60. The molecular formula is C24H29N2O3P. The Bertz CT molecular complexity index is 974. The summed E-state index contributed by atoms with van der Waals surface area (Å²) in [6.45, 7) is 2.21. The third kappa shape index (κ3) is 4.86. The standard InChI is InChI=1S/C24H29N2O3P/c1-5-29-30(27,23-17-13-21(14-18-23)26(2)3)24(25-20-9-7-6-8-10-20)19-11-15-22(28-4)16-12-19/h6-18,24-25H,5H2,1-4H3. The average molecular weight is 424 g/mol. The summed E-state index contributed by atoms with van der Waals surface area (Å²) in [7, 11) is 2.28. The van der Waals surface area contributed by atoms with E-state index in [1.54, 1.807) is 7.11 Å². The number of benzene rings is 3. The van der Waals surface area contributed by atoms with E-state index in [1.807, 2.05) is 105 Å². The van der Waals surface area contributed by atoms with Crippen molar-refractivity contribution < 1.29 is 13.8 Å². The number of rotatable bonds is 9. The molecule has 158 valence electrons. The molecule has 0 aliphatic carbocycles. The highest BCUT2D eigenvalue weighted by Gasteiger charge is 2.37. The molecule has 0 aliphatic heterocycles. The molecule has 0 saturated heterocycles. The summed E-state index contributed by atoms with van der Waals surface area (Å²) in [5.74, 6) is 0.203. The summed E-state index contributed by atoms with van der Waals surface area (Å²) in [5, 5.41) is 4.13. The second-order valence-electron chi connectivity index (χ2n) is 7.11. The molecule has 3 aromatic rings. The monoisotopic (exact) mass is 424 g/mol. The fraction of sp³-hybridized carbons (Fsp3) is 0.250. The molecule has 0 spiro atoms. The maximum Gasteiger partial charge on any atom is 0.258 e. The van der Waals surface area contributed by atoms with Crippen LogP contribution in [-0.2, 0) is 9.09 Å². The van der Waals surface area contributed by atoms with Crippen molar-refractivity contribution in [1.29, 1.82) is 0 Å². The average Bonchev–Trinajstić information content (AvgIpc) is 2.78. The Kier molecular flexibility index (Phi) is 7.20. The smallest absolute Gasteiger partial charge is 0.258 e. The first-order valence-corrected chi connectivity index (χ1v) is 11.6. The van der Waals surface area contributed by atoms with Gasteiger partial charge >= 0.3 is 0 Å². The molecular weight excluding hydrogens is 395 g/mol. The molecule has 5 nitrogen and oxygen atoms in total. The predicted molar refractivity (Wildman–Crippen MR) is 125 cm³/mol. The molecule has 30 heavy (non-hydrogen) atoms. The Labute approximate surface area is 179 Å². The quantitative estimate of drug-likeness (QED) is 0.459. The van der Waals surface area contributed by atoms with Crippen molar-refractivity contribution in [1.82, 2.24) is 0 Å². The summed E-state index contributed by atoms with van der Waals surface area (Å²) < 4.78 is 25.7. The van der Waals surface area contributed by atoms with Gasteiger partial charge in [0.15, 0.2) is 0 Å². The Morgan fingerprint density at radius 2 is 1.57 bits per heavy atom. The van der Waals surface area contributed by atoms with E-state index in [2.05, 4.69) is 5.32 Å². The van der Waals surface area contributed by atoms with E-state index in [1.165, 1.54) is 0 Å². The molecule has 0 fully saturated rings. The third-order valence-corrected chi connectivity index (χ3v) is 7.66. The van der Waals surface area contributed by atoms with Crippen molar-refractivity contribution in [3.05, 3.63) is 84.4 Å². The van der Waals surface area contributed by atoms with Gasteiger partial charge in [-0.05, 0) is 61.0 Å². The van der Waals surface area contributed by atoms with Crippen LogP contribution < -0.4 is 20.3 Å². The van der Waals surface area contributed by atoms with Crippen LogP contribution in [0.25, 0.3) is 0 Å². The number of para-hydroxylation sites is 1. The maximum atomic E-state index is 14.4. The fourth-order valence-corrected chi connectivity index (χ4v) is 5.72. The normalized spacial score (nSPS) is 13.9. The minimum absolute atomic E-state index is 0.343. The molecule has 0 radical (unpaired) electrons. The lowest BCUT2D eigenvalue weighted by molar-refractivity contribution is 0.335. The molecule has 1 N–H and O–H groups in total. The Morgan fingerprint density at radius 1 is 0.933 bits per heavy atom. The topological polar surface area (TPSA) is 50.8 Å². The van der Waals surface area contributed by atoms with Gasteiger partial charge in [-0.2, -0.15) is 0 Å². The van der Waals surface area contributed by atoms with Crippen LogP contribution in [0.15, 0.2) is 78.9 Å². The molecule has 0 heterocycles. The van der Waals surface area contributed by atoms with Crippen LogP contribution in [0.3, 0.4) is 0 Å². The highest BCUT2D eigenvalue weighted by Crippen LogP contribution is 2.59. The summed E-state index contributed by atoms with van der Waals surface area (Å²) >= 11 is 0. The van der Waals surface area contributed by atoms with Crippen molar-refractivity contribution in [2.24, 2.45) is 0 Å². The minimum Gasteiger partial charge on any atom is -0.497 e. The lowest BCUT2D eigenvalue weighted by atomic mass is 10.2. The van der Waals surface area contributed by atoms with Gasteiger partial charge in [0.25, 0.3) is 7.37 Å². The number of nitrogens with zero attached hydrogens (tertiary/aromatic N) is 1.